The van der Waals surface area contributed by atoms with Crippen LogP contribution in [0.5, 0.6) is 17.2 Å². The van der Waals surface area contributed by atoms with Crippen LogP contribution >= 0.6 is 12.4 Å². The van der Waals surface area contributed by atoms with Crippen molar-refractivity contribution in [1.29, 1.82) is 0 Å². The van der Waals surface area contributed by atoms with Gasteiger partial charge in [-0.1, -0.05) is 0 Å². The Morgan fingerprint density at radius 3 is 2.26 bits per heavy atom. The average molecular weight is 347 g/mol. The number of hydrogen-bond donors (Lipinski definition) is 2. The van der Waals surface area contributed by atoms with Crippen LogP contribution in [0.25, 0.3) is 0 Å². The zero-order chi connectivity index (χ0) is 15.9. The highest BCUT2D eigenvalue weighted by Crippen LogP contribution is 2.44. The van der Waals surface area contributed by atoms with E-state index >= 15 is 0 Å². The molecule has 1 fully saturated rings. The molecule has 1 heterocycles. The van der Waals surface area contributed by atoms with Gasteiger partial charge in [0.15, 0.2) is 11.5 Å². The van der Waals surface area contributed by atoms with Crippen LogP contribution in [0.4, 0.5) is 0 Å². The molecule has 0 aromatic heterocycles. The molecule has 1 atom stereocenters. The lowest BCUT2D eigenvalue weighted by atomic mass is 9.99. The van der Waals surface area contributed by atoms with Gasteiger partial charge in [0.25, 0.3) is 0 Å². The lowest BCUT2D eigenvalue weighted by molar-refractivity contribution is 0.138. The fourth-order valence-corrected chi connectivity index (χ4v) is 3.04. The third-order valence-electron chi connectivity index (χ3n) is 4.09. The van der Waals surface area contributed by atoms with Crippen molar-refractivity contribution in [2.24, 2.45) is 0 Å². The number of aliphatic hydroxyl groups is 1. The number of halogens is 1. The summed E-state index contributed by atoms with van der Waals surface area (Å²) in [5.41, 5.74) is 1.02. The van der Waals surface area contributed by atoms with Crippen molar-refractivity contribution < 1.29 is 19.3 Å². The number of aliphatic hydroxyl groups excluding tert-OH is 1. The smallest absolute Gasteiger partial charge is 0.203 e. The normalized spacial score (nSPS) is 16.3. The molecule has 0 radical (unpaired) electrons. The van der Waals surface area contributed by atoms with Crippen molar-refractivity contribution in [2.45, 2.75) is 12.5 Å². The summed E-state index contributed by atoms with van der Waals surface area (Å²) in [6, 6.07) is 3.99. The molecule has 0 saturated carbocycles. The molecule has 23 heavy (non-hydrogen) atoms. The Morgan fingerprint density at radius 1 is 1.09 bits per heavy atom. The number of rotatable bonds is 7. The van der Waals surface area contributed by atoms with Crippen molar-refractivity contribution >= 4 is 12.4 Å². The summed E-state index contributed by atoms with van der Waals surface area (Å²) in [4.78, 5) is 2.37. The maximum Gasteiger partial charge on any atom is 0.203 e. The molecular weight excluding hydrogens is 320 g/mol. The molecular formula is C16H27ClN2O4. The molecule has 1 saturated heterocycles. The summed E-state index contributed by atoms with van der Waals surface area (Å²) in [7, 11) is 4.85. The van der Waals surface area contributed by atoms with Crippen LogP contribution in [0.3, 0.4) is 0 Å². The maximum atomic E-state index is 9.48. The van der Waals surface area contributed by atoms with E-state index in [0.29, 0.717) is 23.7 Å². The molecule has 0 unspecified atom stereocenters. The fraction of sp³-hybridized carbons (Fsp3) is 0.625. The highest BCUT2D eigenvalue weighted by atomic mass is 35.5. The molecule has 2 N–H and O–H groups in total. The van der Waals surface area contributed by atoms with Gasteiger partial charge in [0.1, 0.15) is 0 Å². The highest BCUT2D eigenvalue weighted by molar-refractivity contribution is 5.85. The summed E-state index contributed by atoms with van der Waals surface area (Å²) in [6.07, 6.45) is 0.659. The molecule has 1 aromatic rings. The average Bonchev–Trinajstić information content (AvgIpc) is 2.59. The Labute approximate surface area is 144 Å². The first-order chi connectivity index (χ1) is 10.8. The van der Waals surface area contributed by atoms with Gasteiger partial charge in [-0.25, -0.2) is 0 Å². The second kappa shape index (κ2) is 9.82. The van der Waals surface area contributed by atoms with Crippen molar-refractivity contribution in [1.82, 2.24) is 10.2 Å². The number of benzene rings is 1. The monoisotopic (exact) mass is 346 g/mol. The van der Waals surface area contributed by atoms with Gasteiger partial charge in [-0.3, -0.25) is 4.90 Å². The highest BCUT2D eigenvalue weighted by Gasteiger charge is 2.27. The Bertz CT molecular complexity index is 481. The minimum atomic E-state index is 0. The summed E-state index contributed by atoms with van der Waals surface area (Å²) >= 11 is 0. The van der Waals surface area contributed by atoms with Crippen LogP contribution in [-0.4, -0.2) is 64.1 Å². The van der Waals surface area contributed by atoms with E-state index in [2.05, 4.69) is 10.2 Å². The van der Waals surface area contributed by atoms with Crippen LogP contribution in [0.1, 0.15) is 18.0 Å². The molecule has 1 aromatic carbocycles. The predicted molar refractivity (Wildman–Crippen MR) is 92.2 cm³/mol. The molecule has 2 rings (SSSR count). The van der Waals surface area contributed by atoms with Gasteiger partial charge in [0, 0.05) is 44.4 Å². The molecule has 132 valence electrons. The lowest BCUT2D eigenvalue weighted by Crippen LogP contribution is -2.45. The van der Waals surface area contributed by atoms with E-state index < -0.39 is 0 Å². The number of nitrogens with zero attached hydrogens (tertiary/aromatic N) is 1. The first-order valence-electron chi connectivity index (χ1n) is 7.61. The minimum Gasteiger partial charge on any atom is -0.493 e. The van der Waals surface area contributed by atoms with Crippen molar-refractivity contribution in [2.75, 3.05) is 54.1 Å². The predicted octanol–water partition coefficient (Wildman–Crippen LogP) is 1.46. The number of hydrogen-bond acceptors (Lipinski definition) is 6. The van der Waals surface area contributed by atoms with Gasteiger partial charge in [0.2, 0.25) is 5.75 Å². The molecule has 1 aliphatic heterocycles. The molecule has 0 bridgehead atoms. The van der Waals surface area contributed by atoms with E-state index in [0.717, 1.165) is 31.7 Å². The van der Waals surface area contributed by atoms with Crippen LogP contribution in [0.2, 0.25) is 0 Å². The van der Waals surface area contributed by atoms with E-state index in [9.17, 15) is 5.11 Å². The van der Waals surface area contributed by atoms with Gasteiger partial charge in [-0.05, 0) is 18.6 Å². The molecule has 6 nitrogen and oxygen atoms in total. The zero-order valence-electron chi connectivity index (χ0n) is 14.0. The first-order valence-corrected chi connectivity index (χ1v) is 7.61. The topological polar surface area (TPSA) is 63.2 Å². The summed E-state index contributed by atoms with van der Waals surface area (Å²) in [6.45, 7) is 3.94. The molecule has 0 spiro atoms. The number of nitrogens with one attached hydrogen (secondary N) is 1. The van der Waals surface area contributed by atoms with Crippen molar-refractivity contribution in [3.05, 3.63) is 17.7 Å². The number of methoxy groups -OCH3 is 3. The summed E-state index contributed by atoms with van der Waals surface area (Å²) in [5, 5.41) is 12.8. The largest absolute Gasteiger partial charge is 0.493 e. The number of piperazine rings is 1. The summed E-state index contributed by atoms with van der Waals surface area (Å²) < 4.78 is 16.4. The lowest BCUT2D eigenvalue weighted by Gasteiger charge is -2.35. The molecule has 0 amide bonds. The van der Waals surface area contributed by atoms with Crippen LogP contribution in [0, 0.1) is 0 Å². The standard InChI is InChI=1S/C16H26N2O4.ClH/c1-20-14-5-4-12(15(21-2)16(14)22-3)13(6-11-19)18-9-7-17-8-10-18;/h4-5,13,17,19H,6-11H2,1-3H3;1H/t13-;/m0./s1. The molecule has 7 heteroatoms. The molecule has 1 aliphatic rings. The second-order valence-corrected chi connectivity index (χ2v) is 5.24. The van der Waals surface area contributed by atoms with E-state index in [1.807, 2.05) is 12.1 Å². The summed E-state index contributed by atoms with van der Waals surface area (Å²) in [5.74, 6) is 1.92. The Hall–Kier alpha value is -1.21. The van der Waals surface area contributed by atoms with Crippen molar-refractivity contribution in [3.8, 4) is 17.2 Å². The van der Waals surface area contributed by atoms with Gasteiger partial charge < -0.3 is 24.6 Å². The number of ether oxygens (including phenoxy) is 3. The van der Waals surface area contributed by atoms with Gasteiger partial charge in [-0.2, -0.15) is 0 Å². The van der Waals surface area contributed by atoms with Crippen molar-refractivity contribution in [3.63, 3.8) is 0 Å². The Kier molecular flexibility index (Phi) is 8.47. The van der Waals surface area contributed by atoms with E-state index in [1.54, 1.807) is 21.3 Å². The van der Waals surface area contributed by atoms with Gasteiger partial charge in [-0.15, -0.1) is 12.4 Å². The third-order valence-corrected chi connectivity index (χ3v) is 4.09. The van der Waals surface area contributed by atoms with Gasteiger partial charge >= 0.3 is 0 Å². The van der Waals surface area contributed by atoms with Crippen LogP contribution < -0.4 is 19.5 Å². The SMILES string of the molecule is COc1ccc([C@H](CCO)N2CCNCC2)c(OC)c1OC.Cl. The van der Waals surface area contributed by atoms with Gasteiger partial charge in [0.05, 0.1) is 21.3 Å². The second-order valence-electron chi connectivity index (χ2n) is 5.24. The van der Waals surface area contributed by atoms with Crippen LogP contribution in [0.15, 0.2) is 12.1 Å². The quantitative estimate of drug-likeness (QED) is 0.779. The van der Waals surface area contributed by atoms with Crippen LogP contribution in [-0.2, 0) is 0 Å². The van der Waals surface area contributed by atoms with E-state index in [-0.39, 0.29) is 25.1 Å². The first kappa shape index (κ1) is 19.8. The molecule has 0 aliphatic carbocycles. The minimum absolute atomic E-state index is 0. The van der Waals surface area contributed by atoms with E-state index in [1.165, 1.54) is 0 Å². The maximum absolute atomic E-state index is 9.48. The Morgan fingerprint density at radius 2 is 1.74 bits per heavy atom. The zero-order valence-corrected chi connectivity index (χ0v) is 14.8. The fourth-order valence-electron chi connectivity index (χ4n) is 3.04. The van der Waals surface area contributed by atoms with E-state index in [4.69, 9.17) is 14.2 Å². The Balaban J connectivity index is 0.00000264. The third kappa shape index (κ3) is 4.41.